The molecule has 54 valence electrons. The molecule has 10 heavy (non-hydrogen) atoms. The van der Waals surface area contributed by atoms with Gasteiger partial charge in [-0.3, -0.25) is 20.2 Å². The highest BCUT2D eigenvalue weighted by Crippen LogP contribution is 2.03. The minimum Gasteiger partial charge on any atom is -0.277 e. The lowest BCUT2D eigenvalue weighted by Gasteiger charge is -2.22. The molecule has 4 nitrogen and oxygen atoms in total. The van der Waals surface area contributed by atoms with E-state index in [-0.39, 0.29) is 0 Å². The zero-order valence-corrected chi connectivity index (χ0v) is 5.82. The van der Waals surface area contributed by atoms with Crippen molar-refractivity contribution >= 4 is 24.2 Å². The van der Waals surface area contributed by atoms with E-state index in [0.717, 1.165) is 0 Å². The van der Waals surface area contributed by atoms with Crippen molar-refractivity contribution in [3.63, 3.8) is 0 Å². The minimum absolute atomic E-state index is 0.393. The number of nitrogens with zero attached hydrogens (tertiary/aromatic N) is 2. The first-order chi connectivity index (χ1) is 4.84. The summed E-state index contributed by atoms with van der Waals surface area (Å²) in [5, 5.41) is 1.43. The molecular weight excluding hydrogens is 154 g/mol. The van der Waals surface area contributed by atoms with Crippen molar-refractivity contribution in [2.75, 3.05) is 0 Å². The number of rotatable bonds is 2. The standard InChI is InChI=1S/C5H6ClN3O/c6-5-3-7-1-2-9(5)8-4-10/h1-5H,(H,8,10)/t5-/m1/s1. The lowest BCUT2D eigenvalue weighted by molar-refractivity contribution is -0.112. The van der Waals surface area contributed by atoms with Gasteiger partial charge in [0.15, 0.2) is 5.50 Å². The summed E-state index contributed by atoms with van der Waals surface area (Å²) in [5.41, 5.74) is 1.98. The Bertz CT molecular complexity index is 180. The normalized spacial score (nSPS) is 22.9. The summed E-state index contributed by atoms with van der Waals surface area (Å²) in [6.45, 7) is 0. The Kier molecular flexibility index (Phi) is 2.28. The van der Waals surface area contributed by atoms with Gasteiger partial charge in [0.1, 0.15) is 0 Å². The summed E-state index contributed by atoms with van der Waals surface area (Å²) in [6, 6.07) is 0. The smallest absolute Gasteiger partial charge is 0.225 e. The molecule has 5 heteroatoms. The second-order valence-electron chi connectivity index (χ2n) is 1.62. The van der Waals surface area contributed by atoms with Crippen LogP contribution in [-0.4, -0.2) is 23.1 Å². The summed E-state index contributed by atoms with van der Waals surface area (Å²) in [4.78, 5) is 13.7. The van der Waals surface area contributed by atoms with Crippen molar-refractivity contribution in [1.82, 2.24) is 10.4 Å². The van der Waals surface area contributed by atoms with E-state index in [1.807, 2.05) is 0 Å². The number of hydrogen-bond acceptors (Lipinski definition) is 3. The highest BCUT2D eigenvalue weighted by Gasteiger charge is 2.09. The van der Waals surface area contributed by atoms with Crippen LogP contribution in [0.1, 0.15) is 0 Å². The number of halogens is 1. The van der Waals surface area contributed by atoms with E-state index < -0.39 is 5.50 Å². The molecule has 0 aromatic carbocycles. The zero-order valence-electron chi connectivity index (χ0n) is 5.07. The highest BCUT2D eigenvalue weighted by atomic mass is 35.5. The quantitative estimate of drug-likeness (QED) is 0.352. The van der Waals surface area contributed by atoms with E-state index in [2.05, 4.69) is 10.4 Å². The van der Waals surface area contributed by atoms with Gasteiger partial charge in [-0.25, -0.2) is 0 Å². The van der Waals surface area contributed by atoms with Crippen LogP contribution in [0.4, 0.5) is 0 Å². The molecule has 0 fully saturated rings. The third-order valence-corrected chi connectivity index (χ3v) is 1.31. The lowest BCUT2D eigenvalue weighted by Crippen LogP contribution is -2.39. The fraction of sp³-hybridized carbons (Fsp3) is 0.200. The molecule has 0 aliphatic carbocycles. The van der Waals surface area contributed by atoms with E-state index in [1.165, 1.54) is 17.4 Å². The molecule has 0 radical (unpaired) electrons. The minimum atomic E-state index is -0.393. The summed E-state index contributed by atoms with van der Waals surface area (Å²) in [6.07, 6.45) is 5.18. The predicted octanol–water partition coefficient (Wildman–Crippen LogP) is 0.0699. The summed E-state index contributed by atoms with van der Waals surface area (Å²) >= 11 is 5.67. The van der Waals surface area contributed by atoms with Gasteiger partial charge in [-0.1, -0.05) is 11.6 Å². The van der Waals surface area contributed by atoms with Crippen LogP contribution in [-0.2, 0) is 4.79 Å². The first kappa shape index (κ1) is 7.08. The van der Waals surface area contributed by atoms with Gasteiger partial charge in [-0.2, -0.15) is 0 Å². The third-order valence-electron chi connectivity index (χ3n) is 0.990. The number of aliphatic imine (C=N–C) groups is 1. The van der Waals surface area contributed by atoms with Crippen molar-refractivity contribution in [2.24, 2.45) is 4.99 Å². The first-order valence-corrected chi connectivity index (χ1v) is 3.10. The van der Waals surface area contributed by atoms with Gasteiger partial charge in [0.25, 0.3) is 0 Å². The Morgan fingerprint density at radius 1 is 1.80 bits per heavy atom. The van der Waals surface area contributed by atoms with Crippen LogP contribution in [0.15, 0.2) is 17.4 Å². The Labute approximate surface area is 63.1 Å². The zero-order chi connectivity index (χ0) is 7.40. The topological polar surface area (TPSA) is 44.7 Å². The fourth-order valence-electron chi connectivity index (χ4n) is 0.560. The highest BCUT2D eigenvalue weighted by molar-refractivity contribution is 6.28. The van der Waals surface area contributed by atoms with Gasteiger partial charge in [0.05, 0.1) is 0 Å². The van der Waals surface area contributed by atoms with Crippen LogP contribution >= 0.6 is 11.6 Å². The van der Waals surface area contributed by atoms with E-state index in [9.17, 15) is 4.79 Å². The number of carbonyl (C=O) groups is 1. The van der Waals surface area contributed by atoms with Gasteiger partial charge in [-0.05, 0) is 0 Å². The van der Waals surface area contributed by atoms with Crippen LogP contribution in [0.2, 0.25) is 0 Å². The molecule has 1 rings (SSSR count). The number of carbonyl (C=O) groups excluding carboxylic acids is 1. The summed E-state index contributed by atoms with van der Waals surface area (Å²) in [7, 11) is 0. The molecule has 0 unspecified atom stereocenters. The van der Waals surface area contributed by atoms with Gasteiger partial charge >= 0.3 is 0 Å². The molecule has 1 aliphatic rings. The molecule has 1 N–H and O–H groups in total. The van der Waals surface area contributed by atoms with Gasteiger partial charge in [0, 0.05) is 18.6 Å². The second-order valence-corrected chi connectivity index (χ2v) is 2.07. The molecule has 1 heterocycles. The molecule has 1 amide bonds. The average Bonchev–Trinajstić information content (AvgIpc) is 1.94. The number of hydrazine groups is 1. The van der Waals surface area contributed by atoms with Crippen molar-refractivity contribution in [2.45, 2.75) is 5.50 Å². The molecule has 0 spiro atoms. The maximum Gasteiger partial charge on any atom is 0.225 e. The Morgan fingerprint density at radius 3 is 3.20 bits per heavy atom. The molecule has 0 bridgehead atoms. The number of amides is 1. The Hall–Kier alpha value is -1.03. The molecule has 1 aliphatic heterocycles. The van der Waals surface area contributed by atoms with Crippen molar-refractivity contribution in [3.05, 3.63) is 12.4 Å². The van der Waals surface area contributed by atoms with E-state index >= 15 is 0 Å². The van der Waals surface area contributed by atoms with Crippen LogP contribution in [0, 0.1) is 0 Å². The van der Waals surface area contributed by atoms with Crippen LogP contribution in [0.5, 0.6) is 0 Å². The Morgan fingerprint density at radius 2 is 2.60 bits per heavy atom. The predicted molar refractivity (Wildman–Crippen MR) is 38.3 cm³/mol. The van der Waals surface area contributed by atoms with Crippen molar-refractivity contribution < 1.29 is 4.79 Å². The number of hydrogen-bond donors (Lipinski definition) is 1. The monoisotopic (exact) mass is 159 g/mol. The maximum absolute atomic E-state index is 9.93. The molecule has 1 atom stereocenters. The van der Waals surface area contributed by atoms with E-state index in [1.54, 1.807) is 6.20 Å². The molecule has 0 saturated carbocycles. The number of nitrogens with one attached hydrogen (secondary N) is 1. The molecule has 0 saturated heterocycles. The largest absolute Gasteiger partial charge is 0.277 e. The van der Waals surface area contributed by atoms with Crippen LogP contribution in [0.25, 0.3) is 0 Å². The summed E-state index contributed by atoms with van der Waals surface area (Å²) < 4.78 is 0. The third kappa shape index (κ3) is 1.48. The lowest BCUT2D eigenvalue weighted by atomic mass is 10.6. The van der Waals surface area contributed by atoms with Gasteiger partial charge in [-0.15, -0.1) is 0 Å². The van der Waals surface area contributed by atoms with Gasteiger partial charge < -0.3 is 0 Å². The van der Waals surface area contributed by atoms with E-state index in [0.29, 0.717) is 6.41 Å². The van der Waals surface area contributed by atoms with Gasteiger partial charge in [0.2, 0.25) is 6.41 Å². The van der Waals surface area contributed by atoms with Crippen molar-refractivity contribution in [3.8, 4) is 0 Å². The summed E-state index contributed by atoms with van der Waals surface area (Å²) in [5.74, 6) is 0. The number of alkyl halides is 1. The van der Waals surface area contributed by atoms with Crippen LogP contribution < -0.4 is 5.43 Å². The fourth-order valence-corrected chi connectivity index (χ4v) is 0.747. The molecular formula is C5H6ClN3O. The average molecular weight is 160 g/mol. The van der Waals surface area contributed by atoms with Crippen LogP contribution in [0.3, 0.4) is 0 Å². The Balaban J connectivity index is 2.52. The molecule has 0 aromatic rings. The maximum atomic E-state index is 9.93. The SMILES string of the molecule is O=CNN1C=CN=C[C@@H]1Cl. The van der Waals surface area contributed by atoms with E-state index in [4.69, 9.17) is 11.6 Å². The second kappa shape index (κ2) is 3.22. The molecule has 0 aromatic heterocycles. The van der Waals surface area contributed by atoms with Crippen molar-refractivity contribution in [1.29, 1.82) is 0 Å². The first-order valence-electron chi connectivity index (χ1n) is 2.67.